The van der Waals surface area contributed by atoms with Crippen LogP contribution in [0.25, 0.3) is 0 Å². The van der Waals surface area contributed by atoms with Crippen LogP contribution in [0.2, 0.25) is 0 Å². The van der Waals surface area contributed by atoms with Crippen molar-refractivity contribution >= 4 is 11.6 Å². The number of nitrogens with zero attached hydrogens (tertiary/aromatic N) is 1. The molecule has 3 N–H and O–H groups in total. The molecule has 116 valence electrons. The van der Waals surface area contributed by atoms with E-state index < -0.39 is 0 Å². The SMILES string of the molecule is COc1ccccc1NC(=O)CN(CCN)C1CCCC1. The van der Waals surface area contributed by atoms with E-state index in [2.05, 4.69) is 10.2 Å². The molecule has 1 aromatic rings. The fourth-order valence-electron chi connectivity index (χ4n) is 2.95. The molecule has 0 heterocycles. The second kappa shape index (κ2) is 8.00. The fraction of sp³-hybridized carbons (Fsp3) is 0.562. The van der Waals surface area contributed by atoms with Gasteiger partial charge in [-0.3, -0.25) is 9.69 Å². The highest BCUT2D eigenvalue weighted by Gasteiger charge is 2.23. The average molecular weight is 291 g/mol. The summed E-state index contributed by atoms with van der Waals surface area (Å²) in [6.07, 6.45) is 4.84. The normalized spacial score (nSPS) is 15.4. The lowest BCUT2D eigenvalue weighted by molar-refractivity contribution is -0.117. The van der Waals surface area contributed by atoms with Crippen LogP contribution in [-0.4, -0.2) is 43.6 Å². The lowest BCUT2D eigenvalue weighted by atomic mass is 10.2. The van der Waals surface area contributed by atoms with Gasteiger partial charge in [0.05, 0.1) is 19.3 Å². The Balaban J connectivity index is 1.95. The van der Waals surface area contributed by atoms with Crippen LogP contribution in [0, 0.1) is 0 Å². The van der Waals surface area contributed by atoms with Gasteiger partial charge in [0.15, 0.2) is 0 Å². The number of ether oxygens (including phenoxy) is 1. The van der Waals surface area contributed by atoms with E-state index in [4.69, 9.17) is 10.5 Å². The highest BCUT2D eigenvalue weighted by molar-refractivity contribution is 5.93. The van der Waals surface area contributed by atoms with E-state index in [1.54, 1.807) is 7.11 Å². The van der Waals surface area contributed by atoms with Crippen molar-refractivity contribution in [3.05, 3.63) is 24.3 Å². The van der Waals surface area contributed by atoms with Gasteiger partial charge >= 0.3 is 0 Å². The minimum Gasteiger partial charge on any atom is -0.495 e. The molecular formula is C16H25N3O2. The second-order valence-corrected chi connectivity index (χ2v) is 5.45. The molecule has 0 unspecified atom stereocenters. The fourth-order valence-corrected chi connectivity index (χ4v) is 2.95. The first-order valence-corrected chi connectivity index (χ1v) is 7.61. The topological polar surface area (TPSA) is 67.6 Å². The number of rotatable bonds is 7. The number of carbonyl (C=O) groups is 1. The van der Waals surface area contributed by atoms with Gasteiger partial charge in [-0.1, -0.05) is 25.0 Å². The molecular weight excluding hydrogens is 266 g/mol. The van der Waals surface area contributed by atoms with Crippen LogP contribution < -0.4 is 15.8 Å². The maximum absolute atomic E-state index is 12.3. The van der Waals surface area contributed by atoms with Crippen molar-refractivity contribution in [1.29, 1.82) is 0 Å². The van der Waals surface area contributed by atoms with Gasteiger partial charge < -0.3 is 15.8 Å². The molecule has 1 aliphatic rings. The van der Waals surface area contributed by atoms with Crippen molar-refractivity contribution in [3.8, 4) is 5.75 Å². The summed E-state index contributed by atoms with van der Waals surface area (Å²) in [4.78, 5) is 14.5. The Kier molecular flexibility index (Phi) is 6.02. The first kappa shape index (κ1) is 15.8. The third-order valence-electron chi connectivity index (χ3n) is 3.99. The minimum atomic E-state index is -0.0140. The third kappa shape index (κ3) is 4.44. The van der Waals surface area contributed by atoms with E-state index in [-0.39, 0.29) is 5.91 Å². The summed E-state index contributed by atoms with van der Waals surface area (Å²) in [6.45, 7) is 1.74. The number of amides is 1. The molecule has 0 aromatic heterocycles. The number of anilines is 1. The molecule has 1 amide bonds. The van der Waals surface area contributed by atoms with Crippen molar-refractivity contribution < 1.29 is 9.53 Å². The highest BCUT2D eigenvalue weighted by atomic mass is 16.5. The Labute approximate surface area is 126 Å². The van der Waals surface area contributed by atoms with Gasteiger partial charge in [-0.2, -0.15) is 0 Å². The lowest BCUT2D eigenvalue weighted by Gasteiger charge is -2.27. The molecule has 0 aliphatic heterocycles. The van der Waals surface area contributed by atoms with Gasteiger partial charge in [0, 0.05) is 19.1 Å². The molecule has 21 heavy (non-hydrogen) atoms. The van der Waals surface area contributed by atoms with Crippen LogP contribution in [0.15, 0.2) is 24.3 Å². The number of carbonyl (C=O) groups excluding carboxylic acids is 1. The molecule has 0 saturated heterocycles. The number of hydrogen-bond acceptors (Lipinski definition) is 4. The van der Waals surface area contributed by atoms with E-state index in [1.807, 2.05) is 24.3 Å². The molecule has 0 spiro atoms. The van der Waals surface area contributed by atoms with Gasteiger partial charge in [0.25, 0.3) is 0 Å². The molecule has 5 heteroatoms. The summed E-state index contributed by atoms with van der Waals surface area (Å²) in [5.41, 5.74) is 6.39. The lowest BCUT2D eigenvalue weighted by Crippen LogP contribution is -2.42. The van der Waals surface area contributed by atoms with Gasteiger partial charge in [0.1, 0.15) is 5.75 Å². The van der Waals surface area contributed by atoms with Gasteiger partial charge in [-0.15, -0.1) is 0 Å². The Morgan fingerprint density at radius 3 is 2.76 bits per heavy atom. The van der Waals surface area contributed by atoms with Crippen LogP contribution in [0.5, 0.6) is 5.75 Å². The minimum absolute atomic E-state index is 0.0140. The summed E-state index contributed by atoms with van der Waals surface area (Å²) >= 11 is 0. The molecule has 1 fully saturated rings. The van der Waals surface area contributed by atoms with Crippen molar-refractivity contribution in [1.82, 2.24) is 4.90 Å². The summed E-state index contributed by atoms with van der Waals surface area (Å²) in [6, 6.07) is 7.95. The van der Waals surface area contributed by atoms with Crippen molar-refractivity contribution in [2.45, 2.75) is 31.7 Å². The van der Waals surface area contributed by atoms with E-state index in [0.29, 0.717) is 30.6 Å². The Morgan fingerprint density at radius 2 is 2.10 bits per heavy atom. The predicted octanol–water partition coefficient (Wildman–Crippen LogP) is 1.84. The van der Waals surface area contributed by atoms with Crippen molar-refractivity contribution in [2.24, 2.45) is 5.73 Å². The van der Waals surface area contributed by atoms with E-state index in [9.17, 15) is 4.79 Å². The zero-order valence-corrected chi connectivity index (χ0v) is 12.7. The monoisotopic (exact) mass is 291 g/mol. The number of hydrogen-bond donors (Lipinski definition) is 2. The zero-order valence-electron chi connectivity index (χ0n) is 12.7. The largest absolute Gasteiger partial charge is 0.495 e. The molecule has 5 nitrogen and oxygen atoms in total. The van der Waals surface area contributed by atoms with Crippen LogP contribution in [0.4, 0.5) is 5.69 Å². The first-order valence-electron chi connectivity index (χ1n) is 7.61. The summed E-state index contributed by atoms with van der Waals surface area (Å²) in [5, 5.41) is 2.93. The van der Waals surface area contributed by atoms with Crippen molar-refractivity contribution in [2.75, 3.05) is 32.1 Å². The number of methoxy groups -OCH3 is 1. The Morgan fingerprint density at radius 1 is 1.38 bits per heavy atom. The number of para-hydroxylation sites is 2. The van der Waals surface area contributed by atoms with Crippen LogP contribution >= 0.6 is 0 Å². The van der Waals surface area contributed by atoms with Crippen LogP contribution in [0.3, 0.4) is 0 Å². The first-order chi connectivity index (χ1) is 10.2. The van der Waals surface area contributed by atoms with E-state index in [0.717, 1.165) is 6.54 Å². The molecule has 2 rings (SSSR count). The third-order valence-corrected chi connectivity index (χ3v) is 3.99. The number of nitrogens with one attached hydrogen (secondary N) is 1. The molecule has 1 aliphatic carbocycles. The number of benzene rings is 1. The highest BCUT2D eigenvalue weighted by Crippen LogP contribution is 2.25. The second-order valence-electron chi connectivity index (χ2n) is 5.45. The summed E-state index contributed by atoms with van der Waals surface area (Å²) < 4.78 is 5.25. The molecule has 0 atom stereocenters. The molecule has 0 bridgehead atoms. The summed E-state index contributed by atoms with van der Waals surface area (Å²) in [5.74, 6) is 0.664. The van der Waals surface area contributed by atoms with Crippen LogP contribution in [0.1, 0.15) is 25.7 Å². The van der Waals surface area contributed by atoms with Crippen LogP contribution in [-0.2, 0) is 4.79 Å². The van der Waals surface area contributed by atoms with Gasteiger partial charge in [-0.05, 0) is 25.0 Å². The van der Waals surface area contributed by atoms with Gasteiger partial charge in [-0.25, -0.2) is 0 Å². The summed E-state index contributed by atoms with van der Waals surface area (Å²) in [7, 11) is 1.60. The zero-order chi connectivity index (χ0) is 15.1. The maximum Gasteiger partial charge on any atom is 0.238 e. The van der Waals surface area contributed by atoms with E-state index in [1.165, 1.54) is 25.7 Å². The molecule has 1 saturated carbocycles. The standard InChI is InChI=1S/C16H25N3O2/c1-21-15-9-5-4-8-14(15)18-16(20)12-19(11-10-17)13-6-2-3-7-13/h4-5,8-9,13H,2-3,6-7,10-12,17H2,1H3,(H,18,20). The quantitative estimate of drug-likeness (QED) is 0.804. The number of nitrogens with two attached hydrogens (primary N) is 1. The molecule has 0 radical (unpaired) electrons. The Hall–Kier alpha value is -1.59. The Bertz CT molecular complexity index is 459. The smallest absolute Gasteiger partial charge is 0.238 e. The average Bonchev–Trinajstić information content (AvgIpc) is 3.01. The van der Waals surface area contributed by atoms with E-state index >= 15 is 0 Å². The predicted molar refractivity (Wildman–Crippen MR) is 84.5 cm³/mol. The molecule has 1 aromatic carbocycles. The van der Waals surface area contributed by atoms with Gasteiger partial charge in [0.2, 0.25) is 5.91 Å². The van der Waals surface area contributed by atoms with Crippen molar-refractivity contribution in [3.63, 3.8) is 0 Å². The maximum atomic E-state index is 12.3.